The number of nitrogens with zero attached hydrogens (tertiary/aromatic N) is 1. The Kier molecular flexibility index (Phi) is 5.85. The van der Waals surface area contributed by atoms with Crippen LogP contribution in [0.25, 0.3) is 0 Å². The summed E-state index contributed by atoms with van der Waals surface area (Å²) in [6, 6.07) is 8.70. The molecule has 23 heavy (non-hydrogen) atoms. The van der Waals surface area contributed by atoms with Gasteiger partial charge in [0, 0.05) is 6.42 Å². The average molecular weight is 316 g/mol. The van der Waals surface area contributed by atoms with E-state index in [2.05, 4.69) is 69.2 Å². The Morgan fingerprint density at radius 1 is 1.22 bits per heavy atom. The molecule has 1 aromatic rings. The molecule has 0 aromatic heterocycles. The van der Waals surface area contributed by atoms with Crippen molar-refractivity contribution in [2.75, 3.05) is 20.1 Å². The fourth-order valence-electron chi connectivity index (χ4n) is 3.18. The van der Waals surface area contributed by atoms with Gasteiger partial charge in [-0.1, -0.05) is 45.0 Å². The molecule has 1 atom stereocenters. The van der Waals surface area contributed by atoms with Gasteiger partial charge in [-0.25, -0.2) is 0 Å². The summed E-state index contributed by atoms with van der Waals surface area (Å²) in [5.41, 5.74) is 2.67. The highest BCUT2D eigenvalue weighted by molar-refractivity contribution is 5.76. The van der Waals surface area contributed by atoms with E-state index in [4.69, 9.17) is 0 Å². The zero-order chi connectivity index (χ0) is 17.0. The minimum Gasteiger partial charge on any atom is -0.350 e. The molecule has 1 aliphatic heterocycles. The van der Waals surface area contributed by atoms with Crippen molar-refractivity contribution in [2.24, 2.45) is 5.92 Å². The second kappa shape index (κ2) is 7.48. The Labute approximate surface area is 141 Å². The lowest BCUT2D eigenvalue weighted by molar-refractivity contribution is -0.123. The normalized spacial score (nSPS) is 18.7. The van der Waals surface area contributed by atoms with E-state index < -0.39 is 0 Å². The van der Waals surface area contributed by atoms with E-state index in [0.717, 1.165) is 25.9 Å². The van der Waals surface area contributed by atoms with Crippen molar-refractivity contribution in [1.82, 2.24) is 10.2 Å². The number of nitrogens with one attached hydrogen (secondary N) is 1. The van der Waals surface area contributed by atoms with Crippen molar-refractivity contribution in [3.05, 3.63) is 35.4 Å². The van der Waals surface area contributed by atoms with Gasteiger partial charge in [-0.05, 0) is 62.4 Å². The molecule has 128 valence electrons. The van der Waals surface area contributed by atoms with Crippen LogP contribution in [0.2, 0.25) is 0 Å². The van der Waals surface area contributed by atoms with Crippen LogP contribution in [0.1, 0.15) is 64.1 Å². The molecule has 0 bridgehead atoms. The minimum atomic E-state index is 0.0720. The Bertz CT molecular complexity index is 507. The van der Waals surface area contributed by atoms with Crippen LogP contribution in [-0.2, 0) is 10.2 Å². The summed E-state index contributed by atoms with van der Waals surface area (Å²) in [5.74, 6) is 0.730. The standard InChI is InChI=1S/C20H32N2O/c1-15(17-6-8-18(9-7-17)20(2,3)4)21-19(23)14-16-10-12-22(5)13-11-16/h6-9,15-16H,10-14H2,1-5H3,(H,21,23)/t15-/m0/s1. The summed E-state index contributed by atoms with van der Waals surface area (Å²) in [5, 5.41) is 3.16. The van der Waals surface area contributed by atoms with Crippen LogP contribution < -0.4 is 5.32 Å². The number of benzene rings is 1. The van der Waals surface area contributed by atoms with Crippen molar-refractivity contribution >= 4 is 5.91 Å². The summed E-state index contributed by atoms with van der Waals surface area (Å²) < 4.78 is 0. The predicted molar refractivity (Wildman–Crippen MR) is 96.5 cm³/mol. The third-order valence-corrected chi connectivity index (χ3v) is 4.97. The van der Waals surface area contributed by atoms with Crippen LogP contribution in [0.5, 0.6) is 0 Å². The first-order valence-electron chi connectivity index (χ1n) is 8.84. The van der Waals surface area contributed by atoms with Gasteiger partial charge in [0.2, 0.25) is 5.91 Å². The van der Waals surface area contributed by atoms with Crippen LogP contribution in [0, 0.1) is 5.92 Å². The third-order valence-electron chi connectivity index (χ3n) is 4.97. The molecular formula is C20H32N2O. The van der Waals surface area contributed by atoms with E-state index in [1.807, 2.05) is 0 Å². The summed E-state index contributed by atoms with van der Waals surface area (Å²) in [7, 11) is 2.15. The van der Waals surface area contributed by atoms with Crippen LogP contribution in [0.15, 0.2) is 24.3 Å². The molecular weight excluding hydrogens is 284 g/mol. The Morgan fingerprint density at radius 2 is 1.78 bits per heavy atom. The van der Waals surface area contributed by atoms with Crippen molar-refractivity contribution in [2.45, 2.75) is 58.4 Å². The summed E-state index contributed by atoms with van der Waals surface area (Å²) in [6.07, 6.45) is 2.94. The zero-order valence-corrected chi connectivity index (χ0v) is 15.4. The Balaban J connectivity index is 1.86. The lowest BCUT2D eigenvalue weighted by Crippen LogP contribution is -2.34. The fraction of sp³-hybridized carbons (Fsp3) is 0.650. The van der Waals surface area contributed by atoms with Gasteiger partial charge in [0.1, 0.15) is 0 Å². The fourth-order valence-corrected chi connectivity index (χ4v) is 3.18. The number of piperidine rings is 1. The summed E-state index contributed by atoms with van der Waals surface area (Å²) in [6.45, 7) is 10.9. The maximum Gasteiger partial charge on any atom is 0.220 e. The maximum absolute atomic E-state index is 12.3. The smallest absolute Gasteiger partial charge is 0.220 e. The molecule has 2 rings (SSSR count). The molecule has 1 heterocycles. The van der Waals surface area contributed by atoms with Crippen molar-refractivity contribution in [3.63, 3.8) is 0 Å². The zero-order valence-electron chi connectivity index (χ0n) is 15.4. The van der Waals surface area contributed by atoms with E-state index in [1.54, 1.807) is 0 Å². The molecule has 0 saturated carbocycles. The molecule has 3 nitrogen and oxygen atoms in total. The van der Waals surface area contributed by atoms with Crippen molar-refractivity contribution in [3.8, 4) is 0 Å². The molecule has 1 amide bonds. The first-order valence-corrected chi connectivity index (χ1v) is 8.84. The number of carbonyl (C=O) groups is 1. The molecule has 0 radical (unpaired) electrons. The van der Waals surface area contributed by atoms with Gasteiger partial charge >= 0.3 is 0 Å². The van der Waals surface area contributed by atoms with Gasteiger partial charge in [-0.2, -0.15) is 0 Å². The number of carbonyl (C=O) groups excluding carboxylic acids is 1. The molecule has 1 saturated heterocycles. The first kappa shape index (κ1) is 18.0. The molecule has 0 unspecified atom stereocenters. The molecule has 1 aromatic carbocycles. The highest BCUT2D eigenvalue weighted by Gasteiger charge is 2.20. The summed E-state index contributed by atoms with van der Waals surface area (Å²) >= 11 is 0. The number of hydrogen-bond acceptors (Lipinski definition) is 2. The second-order valence-corrected chi connectivity index (χ2v) is 8.11. The maximum atomic E-state index is 12.3. The van der Waals surface area contributed by atoms with Crippen LogP contribution in [-0.4, -0.2) is 30.9 Å². The summed E-state index contributed by atoms with van der Waals surface area (Å²) in [4.78, 5) is 14.6. The van der Waals surface area contributed by atoms with E-state index in [1.165, 1.54) is 11.1 Å². The van der Waals surface area contributed by atoms with Gasteiger partial charge in [0.15, 0.2) is 0 Å². The highest BCUT2D eigenvalue weighted by Crippen LogP contribution is 2.24. The molecule has 1 fully saturated rings. The second-order valence-electron chi connectivity index (χ2n) is 8.11. The SMILES string of the molecule is C[C@H](NC(=O)CC1CCN(C)CC1)c1ccc(C(C)(C)C)cc1. The number of likely N-dealkylation sites (tertiary alicyclic amines) is 1. The third kappa shape index (κ3) is 5.35. The molecule has 1 aliphatic rings. The van der Waals surface area contributed by atoms with E-state index in [9.17, 15) is 4.79 Å². The molecule has 0 spiro atoms. The topological polar surface area (TPSA) is 32.3 Å². The van der Waals surface area contributed by atoms with E-state index in [-0.39, 0.29) is 17.4 Å². The largest absolute Gasteiger partial charge is 0.350 e. The van der Waals surface area contributed by atoms with Crippen LogP contribution in [0.3, 0.4) is 0 Å². The number of hydrogen-bond donors (Lipinski definition) is 1. The Morgan fingerprint density at radius 3 is 2.30 bits per heavy atom. The Hall–Kier alpha value is -1.35. The van der Waals surface area contributed by atoms with Gasteiger partial charge in [-0.15, -0.1) is 0 Å². The molecule has 3 heteroatoms. The monoisotopic (exact) mass is 316 g/mol. The van der Waals surface area contributed by atoms with Gasteiger partial charge < -0.3 is 10.2 Å². The van der Waals surface area contributed by atoms with Gasteiger partial charge in [0.05, 0.1) is 6.04 Å². The lowest BCUT2D eigenvalue weighted by atomic mass is 9.86. The van der Waals surface area contributed by atoms with Gasteiger partial charge in [0.25, 0.3) is 0 Å². The number of amides is 1. The predicted octanol–water partition coefficient (Wildman–Crippen LogP) is 3.89. The van der Waals surface area contributed by atoms with Crippen molar-refractivity contribution < 1.29 is 4.79 Å². The number of rotatable bonds is 4. The highest BCUT2D eigenvalue weighted by atomic mass is 16.1. The van der Waals surface area contributed by atoms with Crippen LogP contribution >= 0.6 is 0 Å². The van der Waals surface area contributed by atoms with E-state index >= 15 is 0 Å². The average Bonchev–Trinajstić information content (AvgIpc) is 2.49. The minimum absolute atomic E-state index is 0.0720. The molecule has 1 N–H and O–H groups in total. The first-order chi connectivity index (χ1) is 10.8. The van der Waals surface area contributed by atoms with Crippen LogP contribution in [0.4, 0.5) is 0 Å². The quantitative estimate of drug-likeness (QED) is 0.914. The molecule has 0 aliphatic carbocycles. The lowest BCUT2D eigenvalue weighted by Gasteiger charge is -2.28. The van der Waals surface area contributed by atoms with Crippen molar-refractivity contribution in [1.29, 1.82) is 0 Å². The van der Waals surface area contributed by atoms with Gasteiger partial charge in [-0.3, -0.25) is 4.79 Å². The van der Waals surface area contributed by atoms with E-state index in [0.29, 0.717) is 12.3 Å².